The zero-order valence-electron chi connectivity index (χ0n) is 11.1. The quantitative estimate of drug-likeness (QED) is 0.619. The Morgan fingerprint density at radius 3 is 2.43 bits per heavy atom. The summed E-state index contributed by atoms with van der Waals surface area (Å²) in [5, 5.41) is 0. The van der Waals surface area contributed by atoms with E-state index >= 15 is 0 Å². The molecule has 0 bridgehead atoms. The number of rotatable bonds is 5. The van der Waals surface area contributed by atoms with Gasteiger partial charge in [-0.1, -0.05) is 0 Å². The Kier molecular flexibility index (Phi) is 5.45. The zero-order chi connectivity index (χ0) is 16.2. The van der Waals surface area contributed by atoms with Gasteiger partial charge in [0.1, 0.15) is 17.1 Å². The molecule has 0 fully saturated rings. The van der Waals surface area contributed by atoms with E-state index in [1.165, 1.54) is 6.92 Å². The first-order valence-corrected chi connectivity index (χ1v) is 5.79. The van der Waals surface area contributed by atoms with Crippen LogP contribution in [0.1, 0.15) is 30.3 Å². The van der Waals surface area contributed by atoms with Crippen molar-refractivity contribution in [2.75, 3.05) is 13.7 Å². The van der Waals surface area contributed by atoms with Crippen molar-refractivity contribution in [2.24, 2.45) is 0 Å². The van der Waals surface area contributed by atoms with Gasteiger partial charge in [0.25, 0.3) is 6.43 Å². The van der Waals surface area contributed by atoms with Gasteiger partial charge in [-0.25, -0.2) is 13.8 Å². The van der Waals surface area contributed by atoms with E-state index in [1.54, 1.807) is 0 Å². The lowest BCUT2D eigenvalue weighted by molar-refractivity contribution is -0.143. The molecule has 0 atom stereocenters. The summed E-state index contributed by atoms with van der Waals surface area (Å²) in [6.45, 7) is 1.52. The van der Waals surface area contributed by atoms with E-state index in [-0.39, 0.29) is 12.2 Å². The number of aromatic nitrogens is 1. The van der Waals surface area contributed by atoms with Crippen LogP contribution in [0.15, 0.2) is 6.07 Å². The van der Waals surface area contributed by atoms with Gasteiger partial charge in [-0.15, -0.1) is 0 Å². The highest BCUT2D eigenvalue weighted by Gasteiger charge is 2.36. The summed E-state index contributed by atoms with van der Waals surface area (Å²) >= 11 is 0. The molecule has 1 heterocycles. The molecule has 0 saturated heterocycles. The molecule has 0 aliphatic carbocycles. The maximum absolute atomic E-state index is 12.8. The molecule has 0 radical (unpaired) electrons. The number of nitrogens with zero attached hydrogens (tertiary/aromatic N) is 1. The van der Waals surface area contributed by atoms with Gasteiger partial charge in [-0.3, -0.25) is 4.79 Å². The minimum absolute atomic E-state index is 0.0140. The predicted molar refractivity (Wildman–Crippen MR) is 61.1 cm³/mol. The summed E-state index contributed by atoms with van der Waals surface area (Å²) in [4.78, 5) is 14.2. The standard InChI is InChI=1S/C12H12F5NO3/c1-3-21-8(19)5-6-4-7(12(15,16)17)18-9(11(13)14)10(6)20-2/h4,11H,3,5H2,1-2H3. The number of halogens is 5. The number of alkyl halides is 5. The Labute approximate surface area is 116 Å². The second-order valence-electron chi connectivity index (χ2n) is 3.87. The van der Waals surface area contributed by atoms with Crippen molar-refractivity contribution in [1.82, 2.24) is 4.98 Å². The lowest BCUT2D eigenvalue weighted by Crippen LogP contribution is -2.15. The average Bonchev–Trinajstić information content (AvgIpc) is 2.36. The average molecular weight is 313 g/mol. The molecule has 1 aromatic rings. The number of hydrogen-bond acceptors (Lipinski definition) is 4. The van der Waals surface area contributed by atoms with Gasteiger partial charge in [-0.2, -0.15) is 13.2 Å². The Morgan fingerprint density at radius 1 is 1.38 bits per heavy atom. The van der Waals surface area contributed by atoms with Crippen LogP contribution < -0.4 is 4.74 Å². The van der Waals surface area contributed by atoms with Gasteiger partial charge in [0, 0.05) is 5.56 Å². The van der Waals surface area contributed by atoms with Crippen molar-refractivity contribution in [2.45, 2.75) is 25.9 Å². The van der Waals surface area contributed by atoms with E-state index in [9.17, 15) is 26.7 Å². The van der Waals surface area contributed by atoms with Crippen LogP contribution >= 0.6 is 0 Å². The Balaban J connectivity index is 3.37. The molecular formula is C12H12F5NO3. The van der Waals surface area contributed by atoms with Crippen molar-refractivity contribution in [3.8, 4) is 5.75 Å². The molecule has 0 saturated carbocycles. The second-order valence-corrected chi connectivity index (χ2v) is 3.87. The smallest absolute Gasteiger partial charge is 0.433 e. The van der Waals surface area contributed by atoms with Crippen LogP contribution in [-0.4, -0.2) is 24.7 Å². The third-order valence-electron chi connectivity index (χ3n) is 2.42. The summed E-state index contributed by atoms with van der Waals surface area (Å²) in [7, 11) is 1.00. The van der Waals surface area contributed by atoms with Crippen molar-refractivity contribution < 1.29 is 36.2 Å². The Bertz CT molecular complexity index is 516. The zero-order valence-corrected chi connectivity index (χ0v) is 11.1. The largest absolute Gasteiger partial charge is 0.494 e. The molecule has 0 N–H and O–H groups in total. The summed E-state index contributed by atoms with van der Waals surface area (Å²) in [6.07, 6.45) is -8.81. The molecular weight excluding hydrogens is 301 g/mol. The molecule has 0 aliphatic rings. The van der Waals surface area contributed by atoms with E-state index in [0.29, 0.717) is 6.07 Å². The number of hydrogen-bond donors (Lipinski definition) is 0. The van der Waals surface area contributed by atoms with Gasteiger partial charge in [0.2, 0.25) is 0 Å². The molecule has 0 aromatic carbocycles. The fourth-order valence-corrected chi connectivity index (χ4v) is 1.64. The number of methoxy groups -OCH3 is 1. The van der Waals surface area contributed by atoms with Crippen LogP contribution in [0.5, 0.6) is 5.75 Å². The van der Waals surface area contributed by atoms with E-state index in [2.05, 4.69) is 14.5 Å². The number of pyridine rings is 1. The molecule has 9 heteroatoms. The molecule has 0 spiro atoms. The lowest BCUT2D eigenvalue weighted by atomic mass is 10.1. The van der Waals surface area contributed by atoms with Crippen LogP contribution in [0, 0.1) is 0 Å². The van der Waals surface area contributed by atoms with Crippen molar-refractivity contribution in [3.05, 3.63) is 23.0 Å². The number of esters is 1. The molecule has 1 rings (SSSR count). The third-order valence-corrected chi connectivity index (χ3v) is 2.42. The Morgan fingerprint density at radius 2 is 2.00 bits per heavy atom. The van der Waals surface area contributed by atoms with Crippen LogP contribution in [0.4, 0.5) is 22.0 Å². The summed E-state index contributed by atoms with van der Waals surface area (Å²) in [5.41, 5.74) is -3.03. The van der Waals surface area contributed by atoms with Crippen molar-refractivity contribution >= 4 is 5.97 Å². The van der Waals surface area contributed by atoms with E-state index < -0.39 is 42.1 Å². The first-order valence-electron chi connectivity index (χ1n) is 5.79. The topological polar surface area (TPSA) is 48.4 Å². The summed E-state index contributed by atoms with van der Waals surface area (Å²) < 4.78 is 72.9. The SMILES string of the molecule is CCOC(=O)Cc1cc(C(F)(F)F)nc(C(F)F)c1OC. The van der Waals surface area contributed by atoms with Gasteiger partial charge in [0.15, 0.2) is 0 Å². The first kappa shape index (κ1) is 17.1. The first-order chi connectivity index (χ1) is 9.70. The van der Waals surface area contributed by atoms with Crippen LogP contribution in [0.2, 0.25) is 0 Å². The molecule has 0 amide bonds. The fraction of sp³-hybridized carbons (Fsp3) is 0.500. The normalized spacial score (nSPS) is 11.6. The highest BCUT2D eigenvalue weighted by atomic mass is 19.4. The minimum Gasteiger partial charge on any atom is -0.494 e. The lowest BCUT2D eigenvalue weighted by Gasteiger charge is -2.15. The minimum atomic E-state index is -4.92. The monoisotopic (exact) mass is 313 g/mol. The maximum atomic E-state index is 12.8. The Hall–Kier alpha value is -1.93. The highest BCUT2D eigenvalue weighted by molar-refractivity contribution is 5.73. The number of ether oxygens (including phenoxy) is 2. The van der Waals surface area contributed by atoms with Crippen molar-refractivity contribution in [1.29, 1.82) is 0 Å². The van der Waals surface area contributed by atoms with Crippen LogP contribution in [-0.2, 0) is 22.1 Å². The molecule has 21 heavy (non-hydrogen) atoms. The maximum Gasteiger partial charge on any atom is 0.433 e. The van der Waals surface area contributed by atoms with Gasteiger partial charge in [-0.05, 0) is 13.0 Å². The van der Waals surface area contributed by atoms with Gasteiger partial charge < -0.3 is 9.47 Å². The van der Waals surface area contributed by atoms with Gasteiger partial charge in [0.05, 0.1) is 20.1 Å². The third kappa shape index (κ3) is 4.27. The van der Waals surface area contributed by atoms with E-state index in [4.69, 9.17) is 0 Å². The van der Waals surface area contributed by atoms with E-state index in [0.717, 1.165) is 7.11 Å². The second kappa shape index (κ2) is 6.68. The molecule has 4 nitrogen and oxygen atoms in total. The molecule has 1 aromatic heterocycles. The fourth-order valence-electron chi connectivity index (χ4n) is 1.64. The summed E-state index contributed by atoms with van der Waals surface area (Å²) in [5.74, 6) is -1.40. The van der Waals surface area contributed by atoms with Gasteiger partial charge >= 0.3 is 12.1 Å². The van der Waals surface area contributed by atoms with E-state index in [1.807, 2.05) is 0 Å². The highest BCUT2D eigenvalue weighted by Crippen LogP contribution is 2.36. The number of carbonyl (C=O) groups is 1. The number of carbonyl (C=O) groups excluding carboxylic acids is 1. The van der Waals surface area contributed by atoms with Crippen LogP contribution in [0.25, 0.3) is 0 Å². The molecule has 118 valence electrons. The molecule has 0 aliphatic heterocycles. The summed E-state index contributed by atoms with van der Waals surface area (Å²) in [6, 6.07) is 0.502. The van der Waals surface area contributed by atoms with Crippen molar-refractivity contribution in [3.63, 3.8) is 0 Å². The van der Waals surface area contributed by atoms with Crippen LogP contribution in [0.3, 0.4) is 0 Å². The molecule has 0 unspecified atom stereocenters. The predicted octanol–water partition coefficient (Wildman–Crippen LogP) is 3.15.